The van der Waals surface area contributed by atoms with Crippen molar-refractivity contribution >= 4 is 23.4 Å². The van der Waals surface area contributed by atoms with Crippen LogP contribution in [-0.4, -0.2) is 37.3 Å². The summed E-state index contributed by atoms with van der Waals surface area (Å²) in [5.41, 5.74) is 0.115. The highest BCUT2D eigenvalue weighted by Gasteiger charge is 2.18. The lowest BCUT2D eigenvalue weighted by Gasteiger charge is -2.25. The van der Waals surface area contributed by atoms with Crippen molar-refractivity contribution < 1.29 is 4.74 Å². The first-order valence-electron chi connectivity index (χ1n) is 5.91. The van der Waals surface area contributed by atoms with Crippen LogP contribution in [-0.2, 0) is 4.74 Å². The molecule has 1 heterocycles. The standard InChI is InChI=1S/C12H21ClN4O/c1-12(2,5-6-18-4)8-16-10-9(13)7-15-11(14-3)17-10/h7H,5-6,8H2,1-4H3,(H2,14,15,16,17). The molecule has 1 rings (SSSR count). The number of nitrogens with zero attached hydrogens (tertiary/aromatic N) is 2. The zero-order chi connectivity index (χ0) is 13.6. The molecule has 2 N–H and O–H groups in total. The van der Waals surface area contributed by atoms with E-state index in [1.807, 2.05) is 0 Å². The SMILES string of the molecule is CNc1ncc(Cl)c(NCC(C)(C)CCOC)n1. The fraction of sp³-hybridized carbons (Fsp3) is 0.667. The maximum absolute atomic E-state index is 6.05. The molecular formula is C12H21ClN4O. The molecule has 1 aromatic rings. The maximum atomic E-state index is 6.05. The molecule has 0 aliphatic rings. The summed E-state index contributed by atoms with van der Waals surface area (Å²) in [6.45, 7) is 5.87. The van der Waals surface area contributed by atoms with Crippen LogP contribution in [0, 0.1) is 5.41 Å². The van der Waals surface area contributed by atoms with E-state index in [4.69, 9.17) is 16.3 Å². The molecule has 0 fully saturated rings. The molecule has 1 aromatic heterocycles. The van der Waals surface area contributed by atoms with Crippen LogP contribution in [0.15, 0.2) is 6.20 Å². The normalized spacial score (nSPS) is 11.4. The van der Waals surface area contributed by atoms with Crippen LogP contribution >= 0.6 is 11.6 Å². The summed E-state index contributed by atoms with van der Waals surface area (Å²) >= 11 is 6.05. The third kappa shape index (κ3) is 4.66. The Bertz CT molecular complexity index is 384. The van der Waals surface area contributed by atoms with Crippen molar-refractivity contribution in [3.05, 3.63) is 11.2 Å². The summed E-state index contributed by atoms with van der Waals surface area (Å²) in [4.78, 5) is 8.31. The molecule has 0 radical (unpaired) electrons. The first-order chi connectivity index (χ1) is 8.48. The summed E-state index contributed by atoms with van der Waals surface area (Å²) in [7, 11) is 3.49. The van der Waals surface area contributed by atoms with Crippen molar-refractivity contribution in [2.24, 2.45) is 5.41 Å². The summed E-state index contributed by atoms with van der Waals surface area (Å²) in [5, 5.41) is 6.67. The Morgan fingerprint density at radius 3 is 2.78 bits per heavy atom. The Morgan fingerprint density at radius 1 is 1.44 bits per heavy atom. The number of hydrogen-bond acceptors (Lipinski definition) is 5. The highest BCUT2D eigenvalue weighted by molar-refractivity contribution is 6.32. The highest BCUT2D eigenvalue weighted by atomic mass is 35.5. The van der Waals surface area contributed by atoms with Gasteiger partial charge in [-0.3, -0.25) is 0 Å². The molecule has 0 aromatic carbocycles. The van der Waals surface area contributed by atoms with E-state index in [-0.39, 0.29) is 5.41 Å². The minimum absolute atomic E-state index is 0.115. The fourth-order valence-electron chi connectivity index (χ4n) is 1.40. The predicted molar refractivity (Wildman–Crippen MR) is 75.4 cm³/mol. The van der Waals surface area contributed by atoms with Crippen molar-refractivity contribution in [2.75, 3.05) is 37.9 Å². The molecule has 18 heavy (non-hydrogen) atoms. The van der Waals surface area contributed by atoms with Crippen LogP contribution in [0.3, 0.4) is 0 Å². The number of hydrogen-bond donors (Lipinski definition) is 2. The lowest BCUT2D eigenvalue weighted by Crippen LogP contribution is -2.25. The van der Waals surface area contributed by atoms with E-state index in [0.717, 1.165) is 19.6 Å². The third-order valence-corrected chi connectivity index (χ3v) is 2.96. The number of ether oxygens (including phenoxy) is 1. The zero-order valence-electron chi connectivity index (χ0n) is 11.4. The molecule has 102 valence electrons. The molecule has 0 bridgehead atoms. The number of halogens is 1. The summed E-state index contributed by atoms with van der Waals surface area (Å²) in [5.74, 6) is 1.21. The van der Waals surface area contributed by atoms with Gasteiger partial charge in [0.2, 0.25) is 5.95 Å². The molecule has 0 aliphatic heterocycles. The summed E-state index contributed by atoms with van der Waals surface area (Å²) in [6, 6.07) is 0. The van der Waals surface area contributed by atoms with Gasteiger partial charge in [-0.25, -0.2) is 4.98 Å². The number of aromatic nitrogens is 2. The molecule has 0 unspecified atom stereocenters. The Morgan fingerprint density at radius 2 is 2.17 bits per heavy atom. The Labute approximate surface area is 113 Å². The van der Waals surface area contributed by atoms with Crippen molar-refractivity contribution in [1.29, 1.82) is 0 Å². The van der Waals surface area contributed by atoms with Crippen molar-refractivity contribution in [3.63, 3.8) is 0 Å². The van der Waals surface area contributed by atoms with E-state index in [1.165, 1.54) is 0 Å². The Kier molecular flexibility index (Phi) is 5.62. The first kappa shape index (κ1) is 15.0. The van der Waals surface area contributed by atoms with Crippen molar-refractivity contribution in [3.8, 4) is 0 Å². The molecule has 6 heteroatoms. The lowest BCUT2D eigenvalue weighted by molar-refractivity contribution is 0.157. The summed E-state index contributed by atoms with van der Waals surface area (Å²) in [6.07, 6.45) is 2.56. The Hall–Kier alpha value is -1.07. The highest BCUT2D eigenvalue weighted by Crippen LogP contribution is 2.24. The monoisotopic (exact) mass is 272 g/mol. The maximum Gasteiger partial charge on any atom is 0.224 e. The van der Waals surface area contributed by atoms with Crippen LogP contribution in [0.4, 0.5) is 11.8 Å². The largest absolute Gasteiger partial charge is 0.385 e. The second-order valence-corrected chi connectivity index (χ2v) is 5.31. The first-order valence-corrected chi connectivity index (χ1v) is 6.29. The molecule has 0 spiro atoms. The fourth-order valence-corrected chi connectivity index (χ4v) is 1.56. The van der Waals surface area contributed by atoms with E-state index >= 15 is 0 Å². The average molecular weight is 273 g/mol. The minimum atomic E-state index is 0.115. The molecule has 5 nitrogen and oxygen atoms in total. The van der Waals surface area contributed by atoms with Gasteiger partial charge in [-0.2, -0.15) is 4.98 Å². The van der Waals surface area contributed by atoms with E-state index in [9.17, 15) is 0 Å². The number of nitrogens with one attached hydrogen (secondary N) is 2. The molecular weight excluding hydrogens is 252 g/mol. The third-order valence-electron chi connectivity index (χ3n) is 2.69. The van der Waals surface area contributed by atoms with Crippen molar-refractivity contribution in [1.82, 2.24) is 9.97 Å². The lowest BCUT2D eigenvalue weighted by atomic mass is 9.90. The van der Waals surface area contributed by atoms with Gasteiger partial charge in [0.25, 0.3) is 0 Å². The van der Waals surface area contributed by atoms with Crippen LogP contribution in [0.5, 0.6) is 0 Å². The van der Waals surface area contributed by atoms with E-state index < -0.39 is 0 Å². The molecule has 0 amide bonds. The smallest absolute Gasteiger partial charge is 0.224 e. The number of rotatable bonds is 7. The molecule has 0 aliphatic carbocycles. The second-order valence-electron chi connectivity index (χ2n) is 4.90. The van der Waals surface area contributed by atoms with Gasteiger partial charge in [0.15, 0.2) is 5.82 Å². The van der Waals surface area contributed by atoms with Gasteiger partial charge >= 0.3 is 0 Å². The van der Waals surface area contributed by atoms with Gasteiger partial charge < -0.3 is 15.4 Å². The van der Waals surface area contributed by atoms with E-state index in [2.05, 4.69) is 34.4 Å². The van der Waals surface area contributed by atoms with Crippen LogP contribution in [0.2, 0.25) is 5.02 Å². The molecule has 0 saturated carbocycles. The van der Waals surface area contributed by atoms with E-state index in [0.29, 0.717) is 16.8 Å². The number of methoxy groups -OCH3 is 1. The number of anilines is 2. The molecule has 0 saturated heterocycles. The van der Waals surface area contributed by atoms with E-state index in [1.54, 1.807) is 20.4 Å². The van der Waals surface area contributed by atoms with Crippen LogP contribution in [0.1, 0.15) is 20.3 Å². The van der Waals surface area contributed by atoms with Gasteiger partial charge in [-0.15, -0.1) is 0 Å². The zero-order valence-corrected chi connectivity index (χ0v) is 12.1. The van der Waals surface area contributed by atoms with Gasteiger partial charge in [0, 0.05) is 27.3 Å². The predicted octanol–water partition coefficient (Wildman–Crippen LogP) is 2.65. The van der Waals surface area contributed by atoms with Gasteiger partial charge in [-0.05, 0) is 11.8 Å². The van der Waals surface area contributed by atoms with Crippen LogP contribution < -0.4 is 10.6 Å². The van der Waals surface area contributed by atoms with Gasteiger partial charge in [0.05, 0.1) is 6.20 Å². The average Bonchev–Trinajstić information content (AvgIpc) is 2.35. The van der Waals surface area contributed by atoms with Gasteiger partial charge in [-0.1, -0.05) is 25.4 Å². The quantitative estimate of drug-likeness (QED) is 0.799. The molecule has 0 atom stereocenters. The van der Waals surface area contributed by atoms with Gasteiger partial charge in [0.1, 0.15) is 5.02 Å². The summed E-state index contributed by atoms with van der Waals surface area (Å²) < 4.78 is 5.10. The van der Waals surface area contributed by atoms with Crippen molar-refractivity contribution in [2.45, 2.75) is 20.3 Å². The van der Waals surface area contributed by atoms with Crippen LogP contribution in [0.25, 0.3) is 0 Å². The minimum Gasteiger partial charge on any atom is -0.385 e. The topological polar surface area (TPSA) is 59.1 Å². The Balaban J connectivity index is 2.62. The second kappa shape index (κ2) is 6.75.